The van der Waals surface area contributed by atoms with Gasteiger partial charge in [-0.05, 0) is 37.0 Å². The van der Waals surface area contributed by atoms with Gasteiger partial charge in [0.15, 0.2) is 0 Å². The van der Waals surface area contributed by atoms with Crippen LogP contribution in [0.4, 0.5) is 15.1 Å². The second-order valence-corrected chi connectivity index (χ2v) is 9.33. The van der Waals surface area contributed by atoms with Crippen LogP contribution in [0.3, 0.4) is 0 Å². The number of fused-ring (bicyclic) bond motifs is 1. The predicted octanol–water partition coefficient (Wildman–Crippen LogP) is 2.57. The largest absolute Gasteiger partial charge is 0.465 e. The number of esters is 1. The molecule has 7 nitrogen and oxygen atoms in total. The van der Waals surface area contributed by atoms with Gasteiger partial charge in [0.05, 0.1) is 24.6 Å². The molecule has 28 heavy (non-hydrogen) atoms. The van der Waals surface area contributed by atoms with E-state index in [1.54, 1.807) is 0 Å². The lowest BCUT2D eigenvalue weighted by Gasteiger charge is -2.22. The molecule has 0 spiro atoms. The van der Waals surface area contributed by atoms with E-state index in [2.05, 4.69) is 5.32 Å². The van der Waals surface area contributed by atoms with Gasteiger partial charge < -0.3 is 10.1 Å². The first-order valence-corrected chi connectivity index (χ1v) is 11.1. The highest BCUT2D eigenvalue weighted by atomic mass is 32.2. The van der Waals surface area contributed by atoms with Gasteiger partial charge >= 0.3 is 5.97 Å². The quantitative estimate of drug-likeness (QED) is 0.717. The number of rotatable bonds is 6. The molecule has 0 saturated heterocycles. The fourth-order valence-electron chi connectivity index (χ4n) is 3.14. The van der Waals surface area contributed by atoms with Gasteiger partial charge in [-0.25, -0.2) is 17.6 Å². The Bertz CT molecular complexity index is 1030. The van der Waals surface area contributed by atoms with Crippen molar-refractivity contribution in [1.82, 2.24) is 0 Å². The number of nitrogens with zero attached hydrogens (tertiary/aromatic N) is 1. The fraction of sp³-hybridized carbons (Fsp3) is 0.333. The summed E-state index contributed by atoms with van der Waals surface area (Å²) in [6.07, 6.45) is 3.35. The topological polar surface area (TPSA) is 92.8 Å². The number of hydrogen-bond acceptors (Lipinski definition) is 6. The third kappa shape index (κ3) is 4.02. The van der Waals surface area contributed by atoms with Crippen molar-refractivity contribution < 1.29 is 27.1 Å². The normalized spacial score (nSPS) is 13.1. The number of halogens is 1. The molecule has 3 rings (SSSR count). The molecule has 1 aromatic heterocycles. The molecule has 10 heteroatoms. The molecule has 0 radical (unpaired) electrons. The van der Waals surface area contributed by atoms with Gasteiger partial charge in [-0.3, -0.25) is 9.10 Å². The van der Waals surface area contributed by atoms with Crippen molar-refractivity contribution in [2.45, 2.75) is 19.3 Å². The zero-order valence-corrected chi connectivity index (χ0v) is 17.0. The second kappa shape index (κ2) is 7.88. The number of benzene rings is 1. The number of sulfonamides is 1. The first kappa shape index (κ1) is 20.3. The SMILES string of the molecule is COC(=O)c1c(NC(=O)CN(c2ccccc2F)S(C)(=O)=O)sc2c1CCC2. The minimum absolute atomic E-state index is 0.220. The summed E-state index contributed by atoms with van der Waals surface area (Å²) in [5.74, 6) is -1.99. The number of carbonyl (C=O) groups is 2. The molecule has 150 valence electrons. The Kier molecular flexibility index (Phi) is 5.71. The summed E-state index contributed by atoms with van der Waals surface area (Å²) in [4.78, 5) is 25.7. The summed E-state index contributed by atoms with van der Waals surface area (Å²) >= 11 is 1.28. The van der Waals surface area contributed by atoms with E-state index in [-0.39, 0.29) is 5.69 Å². The van der Waals surface area contributed by atoms with E-state index >= 15 is 0 Å². The molecule has 1 amide bonds. The first-order valence-electron chi connectivity index (χ1n) is 8.47. The van der Waals surface area contributed by atoms with E-state index in [1.165, 1.54) is 36.6 Å². The van der Waals surface area contributed by atoms with Crippen molar-refractivity contribution in [3.8, 4) is 0 Å². The molecular weight excluding hydrogens is 407 g/mol. The van der Waals surface area contributed by atoms with E-state index in [0.717, 1.165) is 42.0 Å². The Balaban J connectivity index is 1.87. The summed E-state index contributed by atoms with van der Waals surface area (Å²) in [6, 6.07) is 5.30. The van der Waals surface area contributed by atoms with E-state index in [1.807, 2.05) is 0 Å². The number of anilines is 2. The molecule has 0 unspecified atom stereocenters. The molecule has 0 atom stereocenters. The van der Waals surface area contributed by atoms with Crippen LogP contribution in [0.1, 0.15) is 27.2 Å². The number of nitrogens with one attached hydrogen (secondary N) is 1. The highest BCUT2D eigenvalue weighted by Crippen LogP contribution is 2.39. The smallest absolute Gasteiger partial charge is 0.341 e. The average molecular weight is 426 g/mol. The minimum atomic E-state index is -3.91. The molecule has 0 bridgehead atoms. The van der Waals surface area contributed by atoms with Crippen LogP contribution >= 0.6 is 11.3 Å². The lowest BCUT2D eigenvalue weighted by Crippen LogP contribution is -2.38. The van der Waals surface area contributed by atoms with Crippen LogP contribution in [0.5, 0.6) is 0 Å². The van der Waals surface area contributed by atoms with Crippen LogP contribution in [-0.4, -0.2) is 40.2 Å². The molecule has 0 fully saturated rings. The lowest BCUT2D eigenvalue weighted by molar-refractivity contribution is -0.114. The van der Waals surface area contributed by atoms with E-state index < -0.39 is 34.3 Å². The summed E-state index contributed by atoms with van der Waals surface area (Å²) < 4.78 is 43.8. The van der Waals surface area contributed by atoms with Gasteiger partial charge in [-0.2, -0.15) is 0 Å². The number of aryl methyl sites for hydroxylation is 1. The lowest BCUT2D eigenvalue weighted by atomic mass is 10.1. The van der Waals surface area contributed by atoms with Crippen LogP contribution < -0.4 is 9.62 Å². The van der Waals surface area contributed by atoms with Crippen molar-refractivity contribution in [3.05, 3.63) is 46.1 Å². The molecule has 1 N–H and O–H groups in total. The van der Waals surface area contributed by atoms with Crippen molar-refractivity contribution in [1.29, 1.82) is 0 Å². The zero-order valence-electron chi connectivity index (χ0n) is 15.3. The number of ether oxygens (including phenoxy) is 1. The summed E-state index contributed by atoms with van der Waals surface area (Å²) in [7, 11) is -2.65. The Labute approximate surface area is 166 Å². The van der Waals surface area contributed by atoms with E-state index in [9.17, 15) is 22.4 Å². The molecule has 1 aliphatic carbocycles. The highest BCUT2D eigenvalue weighted by molar-refractivity contribution is 7.92. The van der Waals surface area contributed by atoms with Gasteiger partial charge in [0.25, 0.3) is 0 Å². The molecule has 1 aromatic carbocycles. The minimum Gasteiger partial charge on any atom is -0.465 e. The fourth-order valence-corrected chi connectivity index (χ4v) is 5.29. The van der Waals surface area contributed by atoms with Crippen LogP contribution in [-0.2, 0) is 32.4 Å². The number of hydrogen-bond donors (Lipinski definition) is 1. The zero-order chi connectivity index (χ0) is 20.5. The summed E-state index contributed by atoms with van der Waals surface area (Å²) in [6.45, 7) is -0.622. The Hall–Kier alpha value is -2.46. The van der Waals surface area contributed by atoms with E-state index in [0.29, 0.717) is 14.9 Å². The highest BCUT2D eigenvalue weighted by Gasteiger charge is 2.29. The van der Waals surface area contributed by atoms with Crippen molar-refractivity contribution in [3.63, 3.8) is 0 Å². The second-order valence-electron chi connectivity index (χ2n) is 6.32. The standard InChI is InChI=1S/C18H19FN2O5S2/c1-26-18(23)16-11-6-5-9-14(11)27-17(16)20-15(22)10-21(28(2,24)25)13-8-4-3-7-12(13)19/h3-4,7-8H,5-6,9-10H2,1-2H3,(H,20,22). The maximum absolute atomic E-state index is 14.1. The monoisotopic (exact) mass is 426 g/mol. The van der Waals surface area contributed by atoms with Gasteiger partial charge in [0, 0.05) is 4.88 Å². The molecule has 0 aliphatic heterocycles. The molecule has 1 heterocycles. The number of carbonyl (C=O) groups excluding carboxylic acids is 2. The van der Waals surface area contributed by atoms with Gasteiger partial charge in [0.1, 0.15) is 17.4 Å². The van der Waals surface area contributed by atoms with Crippen molar-refractivity contribution in [2.24, 2.45) is 0 Å². The predicted molar refractivity (Wildman–Crippen MR) is 105 cm³/mol. The maximum atomic E-state index is 14.1. The third-order valence-corrected chi connectivity index (χ3v) is 6.71. The van der Waals surface area contributed by atoms with Gasteiger partial charge in [0.2, 0.25) is 15.9 Å². The number of para-hydroxylation sites is 1. The van der Waals surface area contributed by atoms with E-state index in [4.69, 9.17) is 4.74 Å². The number of amides is 1. The molecule has 2 aromatic rings. The number of methoxy groups -OCH3 is 1. The number of thiophene rings is 1. The summed E-state index contributed by atoms with van der Waals surface area (Å²) in [5, 5.41) is 2.92. The van der Waals surface area contributed by atoms with Crippen molar-refractivity contribution in [2.75, 3.05) is 29.5 Å². The van der Waals surface area contributed by atoms with Crippen molar-refractivity contribution >= 4 is 43.9 Å². The molecular formula is C18H19FN2O5S2. The molecule has 0 saturated carbocycles. The first-order chi connectivity index (χ1) is 13.2. The van der Waals surface area contributed by atoms with Gasteiger partial charge in [-0.15, -0.1) is 11.3 Å². The summed E-state index contributed by atoms with van der Waals surface area (Å²) in [5.41, 5.74) is 0.952. The average Bonchev–Trinajstić information content (AvgIpc) is 3.19. The Morgan fingerprint density at radius 1 is 1.29 bits per heavy atom. The third-order valence-electron chi connectivity index (χ3n) is 4.37. The molecule has 1 aliphatic rings. The van der Waals surface area contributed by atoms with Crippen LogP contribution in [0, 0.1) is 5.82 Å². The van der Waals surface area contributed by atoms with Gasteiger partial charge in [-0.1, -0.05) is 12.1 Å². The van der Waals surface area contributed by atoms with Crippen LogP contribution in [0.15, 0.2) is 24.3 Å². The van der Waals surface area contributed by atoms with Crippen LogP contribution in [0.25, 0.3) is 0 Å². The van der Waals surface area contributed by atoms with Crippen LogP contribution in [0.2, 0.25) is 0 Å². The Morgan fingerprint density at radius 3 is 2.64 bits per heavy atom. The Morgan fingerprint density at radius 2 is 2.00 bits per heavy atom. The maximum Gasteiger partial charge on any atom is 0.341 e.